The van der Waals surface area contributed by atoms with Crippen LogP contribution >= 0.6 is 0 Å². The minimum atomic E-state index is -0.164. The standard InChI is InChI=1S/C28H21N3/c1-3-8-21(9-4-1)27(22-10-5-2-6-11-22)31-28(23-15-18-29-19-16-23)25-13-14-26-24(20-25)12-7-17-30-26/h1-20,28H. The summed E-state index contributed by atoms with van der Waals surface area (Å²) >= 11 is 0. The van der Waals surface area contributed by atoms with Gasteiger partial charge in [0.25, 0.3) is 0 Å². The molecule has 1 unspecified atom stereocenters. The van der Waals surface area contributed by atoms with Crippen LogP contribution in [0.15, 0.2) is 127 Å². The average molecular weight is 399 g/mol. The third kappa shape index (κ3) is 4.12. The molecule has 0 saturated heterocycles. The van der Waals surface area contributed by atoms with Crippen LogP contribution < -0.4 is 0 Å². The summed E-state index contributed by atoms with van der Waals surface area (Å²) in [5, 5.41) is 1.11. The summed E-state index contributed by atoms with van der Waals surface area (Å²) in [7, 11) is 0. The first-order valence-corrected chi connectivity index (χ1v) is 10.3. The lowest BCUT2D eigenvalue weighted by atomic mass is 9.96. The molecule has 1 atom stereocenters. The van der Waals surface area contributed by atoms with Crippen LogP contribution in [-0.4, -0.2) is 15.7 Å². The predicted octanol–water partition coefficient (Wildman–Crippen LogP) is 6.26. The fourth-order valence-corrected chi connectivity index (χ4v) is 3.79. The van der Waals surface area contributed by atoms with Gasteiger partial charge in [0.1, 0.15) is 6.04 Å². The maximum Gasteiger partial charge on any atom is 0.101 e. The van der Waals surface area contributed by atoms with Crippen molar-refractivity contribution in [1.29, 1.82) is 0 Å². The molecule has 0 aliphatic rings. The molecule has 0 bridgehead atoms. The van der Waals surface area contributed by atoms with Gasteiger partial charge in [0.05, 0.1) is 11.2 Å². The number of pyridine rings is 2. The van der Waals surface area contributed by atoms with Crippen LogP contribution in [0.2, 0.25) is 0 Å². The van der Waals surface area contributed by atoms with Gasteiger partial charge in [0, 0.05) is 35.1 Å². The van der Waals surface area contributed by atoms with Crippen LogP contribution in [0, 0.1) is 0 Å². The summed E-state index contributed by atoms with van der Waals surface area (Å²) in [5.41, 5.74) is 6.36. The van der Waals surface area contributed by atoms with E-state index >= 15 is 0 Å². The number of nitrogens with zero attached hydrogens (tertiary/aromatic N) is 3. The van der Waals surface area contributed by atoms with Gasteiger partial charge >= 0.3 is 0 Å². The van der Waals surface area contributed by atoms with Crippen molar-refractivity contribution in [3.63, 3.8) is 0 Å². The van der Waals surface area contributed by atoms with Crippen molar-refractivity contribution in [2.45, 2.75) is 6.04 Å². The summed E-state index contributed by atoms with van der Waals surface area (Å²) in [6.07, 6.45) is 5.47. The smallest absolute Gasteiger partial charge is 0.101 e. The molecule has 2 aromatic heterocycles. The van der Waals surface area contributed by atoms with Crippen molar-refractivity contribution >= 4 is 16.6 Å². The highest BCUT2D eigenvalue weighted by Crippen LogP contribution is 2.30. The second-order valence-corrected chi connectivity index (χ2v) is 7.35. The highest BCUT2D eigenvalue weighted by Gasteiger charge is 2.17. The van der Waals surface area contributed by atoms with E-state index in [2.05, 4.69) is 82.8 Å². The summed E-state index contributed by atoms with van der Waals surface area (Å²) in [5.74, 6) is 0. The summed E-state index contributed by atoms with van der Waals surface area (Å²) in [6, 6.07) is 35.1. The molecule has 3 aromatic carbocycles. The zero-order valence-electron chi connectivity index (χ0n) is 17.0. The molecule has 0 saturated carbocycles. The largest absolute Gasteiger partial charge is 0.271 e. The fraction of sp³-hybridized carbons (Fsp3) is 0.0357. The zero-order valence-corrected chi connectivity index (χ0v) is 17.0. The van der Waals surface area contributed by atoms with Gasteiger partial charge in [-0.1, -0.05) is 72.8 Å². The monoisotopic (exact) mass is 399 g/mol. The molecule has 0 fully saturated rings. The first-order chi connectivity index (χ1) is 15.4. The third-order valence-electron chi connectivity index (χ3n) is 5.32. The molecule has 31 heavy (non-hydrogen) atoms. The molecule has 0 spiro atoms. The Balaban J connectivity index is 1.72. The van der Waals surface area contributed by atoms with Crippen LogP contribution in [0.5, 0.6) is 0 Å². The van der Waals surface area contributed by atoms with Crippen molar-refractivity contribution in [1.82, 2.24) is 9.97 Å². The van der Waals surface area contributed by atoms with Crippen LogP contribution in [0.25, 0.3) is 10.9 Å². The molecule has 3 nitrogen and oxygen atoms in total. The zero-order chi connectivity index (χ0) is 20.9. The normalized spacial score (nSPS) is 11.7. The number of hydrogen-bond donors (Lipinski definition) is 0. The third-order valence-corrected chi connectivity index (χ3v) is 5.32. The predicted molar refractivity (Wildman–Crippen MR) is 126 cm³/mol. The first kappa shape index (κ1) is 18.9. The molecule has 0 N–H and O–H groups in total. The van der Waals surface area contributed by atoms with Gasteiger partial charge < -0.3 is 0 Å². The number of aromatic nitrogens is 2. The molecule has 0 radical (unpaired) electrons. The highest BCUT2D eigenvalue weighted by atomic mass is 14.8. The van der Waals surface area contributed by atoms with E-state index in [1.807, 2.05) is 48.9 Å². The van der Waals surface area contributed by atoms with Crippen molar-refractivity contribution in [2.75, 3.05) is 0 Å². The van der Waals surface area contributed by atoms with Crippen LogP contribution in [0.3, 0.4) is 0 Å². The average Bonchev–Trinajstić information content (AvgIpc) is 2.86. The van der Waals surface area contributed by atoms with Gasteiger partial charge in [-0.2, -0.15) is 0 Å². The number of aliphatic imine (C=N–C) groups is 1. The number of hydrogen-bond acceptors (Lipinski definition) is 3. The van der Waals surface area contributed by atoms with Crippen LogP contribution in [0.1, 0.15) is 28.3 Å². The summed E-state index contributed by atoms with van der Waals surface area (Å²) in [4.78, 5) is 14.0. The van der Waals surface area contributed by atoms with E-state index in [1.54, 1.807) is 0 Å². The minimum absolute atomic E-state index is 0.164. The summed E-state index contributed by atoms with van der Waals surface area (Å²) < 4.78 is 0. The van der Waals surface area contributed by atoms with E-state index < -0.39 is 0 Å². The Hall–Kier alpha value is -4.11. The van der Waals surface area contributed by atoms with Gasteiger partial charge in [-0.15, -0.1) is 0 Å². The maximum absolute atomic E-state index is 5.33. The molecule has 2 heterocycles. The van der Waals surface area contributed by atoms with Crippen molar-refractivity contribution in [3.05, 3.63) is 144 Å². The molecular weight excluding hydrogens is 378 g/mol. The number of benzene rings is 3. The lowest BCUT2D eigenvalue weighted by Crippen LogP contribution is -2.08. The minimum Gasteiger partial charge on any atom is -0.271 e. The second-order valence-electron chi connectivity index (χ2n) is 7.35. The fourth-order valence-electron chi connectivity index (χ4n) is 3.79. The van der Waals surface area contributed by atoms with Gasteiger partial charge in [-0.05, 0) is 41.5 Å². The van der Waals surface area contributed by atoms with Gasteiger partial charge in [-0.3, -0.25) is 15.0 Å². The molecule has 148 valence electrons. The van der Waals surface area contributed by atoms with Crippen molar-refractivity contribution in [2.24, 2.45) is 4.99 Å². The molecule has 0 aliphatic heterocycles. The lowest BCUT2D eigenvalue weighted by Gasteiger charge is -2.17. The van der Waals surface area contributed by atoms with E-state index in [1.165, 1.54) is 0 Å². The lowest BCUT2D eigenvalue weighted by molar-refractivity contribution is 0.871. The Morgan fingerprint density at radius 1 is 0.613 bits per heavy atom. The van der Waals surface area contributed by atoms with E-state index in [0.29, 0.717) is 0 Å². The molecular formula is C28H21N3. The Morgan fingerprint density at radius 2 is 1.29 bits per heavy atom. The van der Waals surface area contributed by atoms with Gasteiger partial charge in [0.2, 0.25) is 0 Å². The van der Waals surface area contributed by atoms with Crippen LogP contribution in [0.4, 0.5) is 0 Å². The number of fused-ring (bicyclic) bond motifs is 1. The quantitative estimate of drug-likeness (QED) is 0.327. The molecule has 0 amide bonds. The van der Waals surface area contributed by atoms with Crippen molar-refractivity contribution in [3.8, 4) is 0 Å². The maximum atomic E-state index is 5.33. The number of rotatable bonds is 5. The molecule has 5 aromatic rings. The topological polar surface area (TPSA) is 38.1 Å². The first-order valence-electron chi connectivity index (χ1n) is 10.3. The summed E-state index contributed by atoms with van der Waals surface area (Å²) in [6.45, 7) is 0. The van der Waals surface area contributed by atoms with Crippen molar-refractivity contribution < 1.29 is 0 Å². The Bertz CT molecular complexity index is 1270. The molecule has 3 heteroatoms. The van der Waals surface area contributed by atoms with Crippen LogP contribution in [-0.2, 0) is 0 Å². The Morgan fingerprint density at radius 3 is 1.97 bits per heavy atom. The van der Waals surface area contributed by atoms with Gasteiger partial charge in [-0.25, -0.2) is 0 Å². The Kier molecular flexibility index (Phi) is 5.31. The van der Waals surface area contributed by atoms with E-state index in [-0.39, 0.29) is 6.04 Å². The van der Waals surface area contributed by atoms with E-state index in [9.17, 15) is 0 Å². The molecule has 0 aliphatic carbocycles. The highest BCUT2D eigenvalue weighted by molar-refractivity contribution is 6.13. The molecule has 5 rings (SSSR count). The van der Waals surface area contributed by atoms with E-state index in [4.69, 9.17) is 4.99 Å². The van der Waals surface area contributed by atoms with E-state index in [0.717, 1.165) is 38.9 Å². The SMILES string of the molecule is c1ccc(C(=NC(c2ccncc2)c2ccc3ncccc3c2)c2ccccc2)cc1. The Labute approximate surface area is 181 Å². The van der Waals surface area contributed by atoms with Gasteiger partial charge in [0.15, 0.2) is 0 Å². The second kappa shape index (κ2) is 8.72.